The molecule has 4 nitrogen and oxygen atoms in total. The highest BCUT2D eigenvalue weighted by Crippen LogP contribution is 2.48. The van der Waals surface area contributed by atoms with E-state index in [9.17, 15) is 0 Å². The van der Waals surface area contributed by atoms with E-state index in [-0.39, 0.29) is 5.41 Å². The number of likely N-dealkylation sites (tertiary alicyclic amines) is 1. The molecule has 4 heteroatoms. The zero-order valence-corrected chi connectivity index (χ0v) is 16.4. The maximum atomic E-state index is 5.70. The summed E-state index contributed by atoms with van der Waals surface area (Å²) in [5, 5.41) is 3.75. The average molecular weight is 356 g/mol. The van der Waals surface area contributed by atoms with E-state index < -0.39 is 0 Å². The molecule has 3 aliphatic rings. The molecule has 1 aliphatic carbocycles. The summed E-state index contributed by atoms with van der Waals surface area (Å²) in [6, 6.07) is 8.86. The minimum Gasteiger partial charge on any atom is -0.381 e. The third-order valence-corrected chi connectivity index (χ3v) is 7.12. The predicted molar refractivity (Wildman–Crippen MR) is 107 cm³/mol. The quantitative estimate of drug-likeness (QED) is 0.666. The minimum atomic E-state index is 0.146. The monoisotopic (exact) mass is 355 g/mol. The Balaban J connectivity index is 1.48. The van der Waals surface area contributed by atoms with Crippen LogP contribution in [-0.4, -0.2) is 50.8 Å². The molecule has 0 aromatic heterocycles. The molecule has 142 valence electrons. The first-order valence-corrected chi connectivity index (χ1v) is 10.3. The second-order valence-corrected chi connectivity index (χ2v) is 8.63. The highest BCUT2D eigenvalue weighted by molar-refractivity contribution is 5.80. The van der Waals surface area contributed by atoms with Crippen LogP contribution in [0.4, 0.5) is 0 Å². The van der Waals surface area contributed by atoms with E-state index >= 15 is 0 Å². The fourth-order valence-corrected chi connectivity index (χ4v) is 5.25. The molecule has 2 heterocycles. The first kappa shape index (κ1) is 17.8. The van der Waals surface area contributed by atoms with Crippen molar-refractivity contribution in [1.82, 2.24) is 10.2 Å². The molecule has 1 saturated carbocycles. The molecule has 1 aromatic rings. The van der Waals surface area contributed by atoms with Gasteiger partial charge in [0.15, 0.2) is 5.96 Å². The summed E-state index contributed by atoms with van der Waals surface area (Å²) in [5.41, 5.74) is 3.61. The Morgan fingerprint density at radius 3 is 2.54 bits per heavy atom. The normalized spacial score (nSPS) is 24.5. The van der Waals surface area contributed by atoms with Gasteiger partial charge in [-0.15, -0.1) is 0 Å². The van der Waals surface area contributed by atoms with E-state index in [4.69, 9.17) is 4.74 Å². The van der Waals surface area contributed by atoms with Crippen LogP contribution in [-0.2, 0) is 10.2 Å². The van der Waals surface area contributed by atoms with Gasteiger partial charge in [-0.25, -0.2) is 0 Å². The van der Waals surface area contributed by atoms with Crippen molar-refractivity contribution < 1.29 is 4.74 Å². The van der Waals surface area contributed by atoms with Gasteiger partial charge in [-0.1, -0.05) is 30.7 Å². The van der Waals surface area contributed by atoms with E-state index in [1.807, 2.05) is 7.05 Å². The lowest BCUT2D eigenvalue weighted by Gasteiger charge is -2.40. The molecule has 0 atom stereocenters. The van der Waals surface area contributed by atoms with E-state index in [1.165, 1.54) is 43.4 Å². The third-order valence-electron chi connectivity index (χ3n) is 7.12. The molecule has 2 aliphatic heterocycles. The summed E-state index contributed by atoms with van der Waals surface area (Å²) >= 11 is 0. The Morgan fingerprint density at radius 2 is 1.92 bits per heavy atom. The molecule has 4 rings (SSSR count). The van der Waals surface area contributed by atoms with Gasteiger partial charge < -0.3 is 15.0 Å². The highest BCUT2D eigenvalue weighted by atomic mass is 16.5. The van der Waals surface area contributed by atoms with Crippen molar-refractivity contribution in [1.29, 1.82) is 0 Å². The number of aliphatic imine (C=N–C) groups is 1. The Bertz CT molecular complexity index is 659. The number of ether oxygens (including phenoxy) is 1. The number of benzene rings is 1. The second-order valence-electron chi connectivity index (χ2n) is 8.63. The van der Waals surface area contributed by atoms with Gasteiger partial charge in [0.05, 0.1) is 0 Å². The maximum Gasteiger partial charge on any atom is 0.193 e. The molecular weight excluding hydrogens is 322 g/mol. The van der Waals surface area contributed by atoms with Gasteiger partial charge >= 0.3 is 0 Å². The molecule has 0 unspecified atom stereocenters. The van der Waals surface area contributed by atoms with Gasteiger partial charge in [0.25, 0.3) is 0 Å². The van der Waals surface area contributed by atoms with Gasteiger partial charge in [-0.05, 0) is 55.6 Å². The van der Waals surface area contributed by atoms with E-state index in [2.05, 4.69) is 46.4 Å². The summed E-state index contributed by atoms with van der Waals surface area (Å²) in [5.74, 6) is 1.09. The summed E-state index contributed by atoms with van der Waals surface area (Å²) in [7, 11) is 1.93. The van der Waals surface area contributed by atoms with Crippen LogP contribution in [0.3, 0.4) is 0 Å². The van der Waals surface area contributed by atoms with Crippen molar-refractivity contribution in [2.24, 2.45) is 10.4 Å². The third kappa shape index (κ3) is 3.24. The van der Waals surface area contributed by atoms with Crippen LogP contribution in [0.5, 0.6) is 0 Å². The lowest BCUT2D eigenvalue weighted by atomic mass is 9.68. The molecular formula is C22H33N3O. The zero-order valence-electron chi connectivity index (χ0n) is 16.4. The Hall–Kier alpha value is -1.55. The van der Waals surface area contributed by atoms with Crippen LogP contribution >= 0.6 is 0 Å². The molecule has 0 amide bonds. The van der Waals surface area contributed by atoms with Crippen molar-refractivity contribution >= 4 is 5.96 Å². The molecule has 0 radical (unpaired) electrons. The van der Waals surface area contributed by atoms with Crippen LogP contribution in [0.2, 0.25) is 0 Å². The first-order chi connectivity index (χ1) is 12.7. The maximum absolute atomic E-state index is 5.70. The van der Waals surface area contributed by atoms with Crippen molar-refractivity contribution in [3.63, 3.8) is 0 Å². The zero-order chi connectivity index (χ0) is 18.0. The molecule has 3 fully saturated rings. The van der Waals surface area contributed by atoms with Crippen molar-refractivity contribution in [2.75, 3.05) is 39.9 Å². The summed E-state index contributed by atoms with van der Waals surface area (Å²) in [6.07, 6.45) is 7.72. The Morgan fingerprint density at radius 1 is 1.15 bits per heavy atom. The van der Waals surface area contributed by atoms with Crippen LogP contribution in [0.15, 0.2) is 29.3 Å². The summed E-state index contributed by atoms with van der Waals surface area (Å²) in [6.45, 7) is 7.22. The lowest BCUT2D eigenvalue weighted by molar-refractivity contribution is 0.0509. The second kappa shape index (κ2) is 7.22. The van der Waals surface area contributed by atoms with Gasteiger partial charge in [-0.3, -0.25) is 4.99 Å². The van der Waals surface area contributed by atoms with Crippen molar-refractivity contribution in [3.8, 4) is 0 Å². The van der Waals surface area contributed by atoms with Crippen LogP contribution in [0, 0.1) is 12.3 Å². The number of hydrogen-bond donors (Lipinski definition) is 1. The van der Waals surface area contributed by atoms with Gasteiger partial charge in [-0.2, -0.15) is 0 Å². The highest BCUT2D eigenvalue weighted by Gasteiger charge is 2.44. The standard InChI is InChI=1S/C22H33N3O/c1-18-6-3-4-7-19(18)22(11-14-26-15-12-22)16-24-20(23-2)25-13-10-21(17-25)8-5-9-21/h3-4,6-7H,5,8-17H2,1-2H3,(H,23,24). The fourth-order valence-electron chi connectivity index (χ4n) is 5.25. The van der Waals surface area contributed by atoms with Crippen LogP contribution in [0.1, 0.15) is 49.7 Å². The smallest absolute Gasteiger partial charge is 0.193 e. The average Bonchev–Trinajstić information content (AvgIpc) is 3.09. The van der Waals surface area contributed by atoms with Gasteiger partial charge in [0, 0.05) is 45.3 Å². The van der Waals surface area contributed by atoms with Crippen molar-refractivity contribution in [3.05, 3.63) is 35.4 Å². The van der Waals surface area contributed by atoms with Gasteiger partial charge in [0.1, 0.15) is 0 Å². The molecule has 1 aromatic carbocycles. The van der Waals surface area contributed by atoms with E-state index in [1.54, 1.807) is 0 Å². The van der Waals surface area contributed by atoms with Crippen molar-refractivity contribution in [2.45, 2.75) is 50.9 Å². The molecule has 1 N–H and O–H groups in total. The number of aryl methyl sites for hydroxylation is 1. The summed E-state index contributed by atoms with van der Waals surface area (Å²) in [4.78, 5) is 7.12. The predicted octanol–water partition coefficient (Wildman–Crippen LogP) is 3.49. The molecule has 0 bridgehead atoms. The largest absolute Gasteiger partial charge is 0.381 e. The SMILES string of the molecule is CN=C(NCC1(c2ccccc2C)CCOCC1)N1CCC2(CCC2)C1. The minimum absolute atomic E-state index is 0.146. The van der Waals surface area contributed by atoms with E-state index in [0.29, 0.717) is 5.41 Å². The molecule has 26 heavy (non-hydrogen) atoms. The number of guanidine groups is 1. The number of rotatable bonds is 3. The lowest BCUT2D eigenvalue weighted by Crippen LogP contribution is -2.49. The number of nitrogens with zero attached hydrogens (tertiary/aromatic N) is 2. The molecule has 2 saturated heterocycles. The fraction of sp³-hybridized carbons (Fsp3) is 0.682. The topological polar surface area (TPSA) is 36.9 Å². The Labute approximate surface area is 158 Å². The van der Waals surface area contributed by atoms with Crippen LogP contribution in [0.25, 0.3) is 0 Å². The van der Waals surface area contributed by atoms with Gasteiger partial charge in [0.2, 0.25) is 0 Å². The number of hydrogen-bond acceptors (Lipinski definition) is 2. The summed E-state index contributed by atoms with van der Waals surface area (Å²) < 4.78 is 5.70. The molecule has 1 spiro atoms. The van der Waals surface area contributed by atoms with E-state index in [0.717, 1.165) is 45.1 Å². The number of nitrogens with one attached hydrogen (secondary N) is 1. The Kier molecular flexibility index (Phi) is 4.96. The van der Waals surface area contributed by atoms with Crippen LogP contribution < -0.4 is 5.32 Å². The first-order valence-electron chi connectivity index (χ1n) is 10.3.